The van der Waals surface area contributed by atoms with Crippen LogP contribution in [-0.2, 0) is 44.5 Å². The Hall–Kier alpha value is -4.32. The highest BCUT2D eigenvalue weighted by Crippen LogP contribution is 2.25. The van der Waals surface area contributed by atoms with E-state index in [2.05, 4.69) is 10.3 Å². The van der Waals surface area contributed by atoms with Crippen molar-refractivity contribution in [2.75, 3.05) is 20.3 Å². The van der Waals surface area contributed by atoms with Crippen molar-refractivity contribution in [1.82, 2.24) is 10.3 Å². The van der Waals surface area contributed by atoms with E-state index >= 15 is 0 Å². The predicted molar refractivity (Wildman–Crippen MR) is 142 cm³/mol. The Balaban J connectivity index is 1.83. The number of aromatic nitrogens is 1. The maximum absolute atomic E-state index is 13.3. The molecule has 1 N–H and O–H groups in total. The molecule has 0 bridgehead atoms. The van der Waals surface area contributed by atoms with E-state index in [0.717, 1.165) is 5.56 Å². The van der Waals surface area contributed by atoms with E-state index < -0.39 is 66.5 Å². The van der Waals surface area contributed by atoms with Crippen molar-refractivity contribution < 1.29 is 47.7 Å². The van der Waals surface area contributed by atoms with E-state index in [1.165, 1.54) is 32.4 Å². The van der Waals surface area contributed by atoms with Gasteiger partial charge in [0.1, 0.15) is 18.6 Å². The van der Waals surface area contributed by atoms with Crippen LogP contribution in [0.25, 0.3) is 0 Å². The quantitative estimate of drug-likeness (QED) is 0.329. The Kier molecular flexibility index (Phi) is 11.3. The van der Waals surface area contributed by atoms with Gasteiger partial charge in [-0.25, -0.2) is 9.78 Å². The average molecular weight is 571 g/mol. The molecule has 1 aliphatic rings. The standard InChI is InChI=1S/C29H34N2O10/c1-17(2)27(34)41-25-18(3)39-29(36)21(16-38-28(35)20(25)15-19-9-6-5-7-10-19)31-26(33)24-22(11-8-13-30-24)40-23(32)12-14-37-4/h5-11,13,17-18,20-21,25H,12,14-16H2,1-4H3,(H,31,33). The zero-order valence-electron chi connectivity index (χ0n) is 23.4. The summed E-state index contributed by atoms with van der Waals surface area (Å²) in [5, 5.41) is 2.44. The monoisotopic (exact) mass is 570 g/mol. The van der Waals surface area contributed by atoms with Gasteiger partial charge in [-0.1, -0.05) is 44.2 Å². The molecule has 0 radical (unpaired) electrons. The molecule has 3 rings (SSSR count). The van der Waals surface area contributed by atoms with E-state index in [-0.39, 0.29) is 30.9 Å². The first kappa shape index (κ1) is 31.2. The third kappa shape index (κ3) is 8.84. The number of nitrogens with zero attached hydrogens (tertiary/aromatic N) is 1. The van der Waals surface area contributed by atoms with Crippen LogP contribution in [0.2, 0.25) is 0 Å². The number of pyridine rings is 1. The number of ether oxygens (including phenoxy) is 5. The van der Waals surface area contributed by atoms with Gasteiger partial charge in [-0.15, -0.1) is 0 Å². The lowest BCUT2D eigenvalue weighted by atomic mass is 9.91. The van der Waals surface area contributed by atoms with Crippen molar-refractivity contribution in [1.29, 1.82) is 0 Å². The molecule has 1 aliphatic heterocycles. The molecule has 220 valence electrons. The highest BCUT2D eigenvalue weighted by molar-refractivity contribution is 5.98. The van der Waals surface area contributed by atoms with Crippen LogP contribution >= 0.6 is 0 Å². The molecule has 1 saturated heterocycles. The number of benzene rings is 1. The molecular formula is C29H34N2O10. The SMILES string of the molecule is COCCC(=O)Oc1cccnc1C(=O)NC1COC(=O)C(Cc2ccccc2)C(OC(=O)C(C)C)C(C)OC1=O. The van der Waals surface area contributed by atoms with Crippen LogP contribution in [0.1, 0.15) is 43.2 Å². The lowest BCUT2D eigenvalue weighted by Crippen LogP contribution is -2.47. The van der Waals surface area contributed by atoms with Gasteiger partial charge in [0.05, 0.1) is 18.9 Å². The number of hydrogen-bond donors (Lipinski definition) is 1. The number of cyclic esters (lactones) is 2. The normalized spacial score (nSPS) is 21.0. The van der Waals surface area contributed by atoms with Crippen LogP contribution in [0, 0.1) is 11.8 Å². The fraction of sp³-hybridized carbons (Fsp3) is 0.448. The molecule has 12 heteroatoms. The highest BCUT2D eigenvalue weighted by atomic mass is 16.6. The van der Waals surface area contributed by atoms with Gasteiger partial charge in [0.15, 0.2) is 23.6 Å². The maximum Gasteiger partial charge on any atom is 0.332 e. The second-order valence-electron chi connectivity index (χ2n) is 9.72. The zero-order valence-corrected chi connectivity index (χ0v) is 23.4. The van der Waals surface area contributed by atoms with E-state index in [1.807, 2.05) is 18.2 Å². The Labute approximate surface area is 237 Å². The first-order valence-corrected chi connectivity index (χ1v) is 13.2. The number of amides is 1. The molecule has 1 aromatic heterocycles. The number of carbonyl (C=O) groups excluding carboxylic acids is 5. The number of carbonyl (C=O) groups is 5. The van der Waals surface area contributed by atoms with Crippen molar-refractivity contribution in [3.63, 3.8) is 0 Å². The zero-order chi connectivity index (χ0) is 29.9. The summed E-state index contributed by atoms with van der Waals surface area (Å²) in [5.41, 5.74) is 0.515. The van der Waals surface area contributed by atoms with Crippen LogP contribution in [0.15, 0.2) is 48.7 Å². The van der Waals surface area contributed by atoms with Crippen LogP contribution in [0.5, 0.6) is 5.75 Å². The summed E-state index contributed by atoms with van der Waals surface area (Å²) in [4.78, 5) is 68.1. The molecule has 4 unspecified atom stereocenters. The summed E-state index contributed by atoms with van der Waals surface area (Å²) in [6.45, 7) is 4.36. The lowest BCUT2D eigenvalue weighted by Gasteiger charge is -2.29. The number of rotatable bonds is 10. The molecule has 1 fully saturated rings. The van der Waals surface area contributed by atoms with Crippen molar-refractivity contribution in [2.24, 2.45) is 11.8 Å². The summed E-state index contributed by atoms with van der Waals surface area (Å²) < 4.78 is 26.8. The van der Waals surface area contributed by atoms with E-state index in [0.29, 0.717) is 0 Å². The van der Waals surface area contributed by atoms with Gasteiger partial charge in [0, 0.05) is 13.3 Å². The highest BCUT2D eigenvalue weighted by Gasteiger charge is 2.42. The summed E-state index contributed by atoms with van der Waals surface area (Å²) in [6, 6.07) is 10.5. The van der Waals surface area contributed by atoms with E-state index in [4.69, 9.17) is 23.7 Å². The van der Waals surface area contributed by atoms with Gasteiger partial charge in [0.25, 0.3) is 5.91 Å². The topological polar surface area (TPSA) is 156 Å². The Morgan fingerprint density at radius 3 is 2.49 bits per heavy atom. The summed E-state index contributed by atoms with van der Waals surface area (Å²) in [6.07, 6.45) is -0.796. The Bertz CT molecular complexity index is 1230. The van der Waals surface area contributed by atoms with Crippen molar-refractivity contribution in [2.45, 2.75) is 51.9 Å². The third-order valence-corrected chi connectivity index (χ3v) is 6.19. The fourth-order valence-corrected chi connectivity index (χ4v) is 3.98. The van der Waals surface area contributed by atoms with Gasteiger partial charge in [-0.2, -0.15) is 0 Å². The second kappa shape index (κ2) is 14.9. The minimum atomic E-state index is -1.43. The minimum Gasteiger partial charge on any atom is -0.463 e. The number of esters is 4. The van der Waals surface area contributed by atoms with E-state index in [1.54, 1.807) is 26.0 Å². The largest absolute Gasteiger partial charge is 0.463 e. The summed E-state index contributed by atoms with van der Waals surface area (Å²) >= 11 is 0. The molecule has 0 aliphatic carbocycles. The van der Waals surface area contributed by atoms with Gasteiger partial charge < -0.3 is 29.0 Å². The Morgan fingerprint density at radius 1 is 1.07 bits per heavy atom. The van der Waals surface area contributed by atoms with Gasteiger partial charge in [-0.3, -0.25) is 19.2 Å². The van der Waals surface area contributed by atoms with Gasteiger partial charge in [-0.05, 0) is 31.0 Å². The molecule has 2 heterocycles. The van der Waals surface area contributed by atoms with Crippen LogP contribution < -0.4 is 10.1 Å². The number of nitrogens with one attached hydrogen (secondary N) is 1. The minimum absolute atomic E-state index is 0.0536. The number of methoxy groups -OCH3 is 1. The first-order valence-electron chi connectivity index (χ1n) is 13.2. The van der Waals surface area contributed by atoms with Gasteiger partial charge >= 0.3 is 23.9 Å². The van der Waals surface area contributed by atoms with Crippen LogP contribution in [0.3, 0.4) is 0 Å². The first-order chi connectivity index (χ1) is 19.6. The maximum atomic E-state index is 13.3. The van der Waals surface area contributed by atoms with Crippen LogP contribution in [0.4, 0.5) is 0 Å². The predicted octanol–water partition coefficient (Wildman–Crippen LogP) is 2.04. The molecule has 1 amide bonds. The smallest absolute Gasteiger partial charge is 0.332 e. The molecule has 12 nitrogen and oxygen atoms in total. The second-order valence-corrected chi connectivity index (χ2v) is 9.72. The molecule has 2 aromatic rings. The number of hydrogen-bond acceptors (Lipinski definition) is 11. The van der Waals surface area contributed by atoms with E-state index in [9.17, 15) is 24.0 Å². The molecular weight excluding hydrogens is 536 g/mol. The third-order valence-electron chi connectivity index (χ3n) is 6.19. The van der Waals surface area contributed by atoms with Crippen LogP contribution in [-0.4, -0.2) is 73.3 Å². The Morgan fingerprint density at radius 2 is 1.80 bits per heavy atom. The summed E-state index contributed by atoms with van der Waals surface area (Å²) in [7, 11) is 1.43. The molecule has 41 heavy (non-hydrogen) atoms. The molecule has 0 spiro atoms. The van der Waals surface area contributed by atoms with Gasteiger partial charge in [0.2, 0.25) is 0 Å². The summed E-state index contributed by atoms with van der Waals surface area (Å²) in [5.74, 6) is -5.36. The van der Waals surface area contributed by atoms with Crippen molar-refractivity contribution in [3.05, 3.63) is 59.9 Å². The molecule has 1 aromatic carbocycles. The average Bonchev–Trinajstić information content (AvgIpc) is 2.98. The molecule has 4 atom stereocenters. The van der Waals surface area contributed by atoms with Crippen molar-refractivity contribution in [3.8, 4) is 5.75 Å². The van der Waals surface area contributed by atoms with Crippen molar-refractivity contribution >= 4 is 29.8 Å². The molecule has 0 saturated carbocycles. The lowest BCUT2D eigenvalue weighted by molar-refractivity contribution is -0.176. The fourth-order valence-electron chi connectivity index (χ4n) is 3.98.